The molecule has 0 amide bonds. The molecule has 0 saturated carbocycles. The first-order valence-electron chi connectivity index (χ1n) is 9.61. The van der Waals surface area contributed by atoms with Crippen molar-refractivity contribution in [3.63, 3.8) is 0 Å². The summed E-state index contributed by atoms with van der Waals surface area (Å²) >= 11 is 0. The molecule has 0 N–H and O–H groups in total. The fraction of sp³-hybridized carbons (Fsp3) is 0.455. The zero-order chi connectivity index (χ0) is 18.6. The molecule has 2 rings (SSSR count). The maximum Gasteiger partial charge on any atom is 0.119 e. The molecule has 0 aliphatic carbocycles. The molecule has 2 aromatic rings. The number of benzene rings is 2. The second-order valence-electron chi connectivity index (χ2n) is 6.72. The van der Waals surface area contributed by atoms with Crippen molar-refractivity contribution >= 4 is 17.1 Å². The van der Waals surface area contributed by atoms with Crippen LogP contribution in [0.1, 0.15) is 45.4 Å². The monoisotopic (exact) mass is 353 g/mol. The van der Waals surface area contributed by atoms with Gasteiger partial charge in [0.2, 0.25) is 0 Å². The van der Waals surface area contributed by atoms with Gasteiger partial charge in [0.15, 0.2) is 0 Å². The van der Waals surface area contributed by atoms with E-state index in [9.17, 15) is 0 Å². The molecule has 0 bridgehead atoms. The van der Waals surface area contributed by atoms with E-state index >= 15 is 0 Å². The number of rotatable bonds is 11. The maximum absolute atomic E-state index is 5.79. The molecule has 0 aromatic heterocycles. The van der Waals surface area contributed by atoms with Gasteiger partial charge in [-0.05, 0) is 55.0 Å². The summed E-state index contributed by atoms with van der Waals surface area (Å²) in [6.07, 6.45) is 7.66. The highest BCUT2D eigenvalue weighted by molar-refractivity contribution is 5.52. The summed E-state index contributed by atoms with van der Waals surface area (Å²) in [6, 6.07) is 15.8. The largest absolute Gasteiger partial charge is 0.494 e. The lowest BCUT2D eigenvalue weighted by molar-refractivity contribution is 0.304. The molecular formula is C22H31N3O. The van der Waals surface area contributed by atoms with Crippen LogP contribution >= 0.6 is 0 Å². The molecule has 4 nitrogen and oxygen atoms in total. The third kappa shape index (κ3) is 7.26. The Bertz CT molecular complexity index is 648. The van der Waals surface area contributed by atoms with Gasteiger partial charge in [0.1, 0.15) is 5.75 Å². The van der Waals surface area contributed by atoms with E-state index in [1.54, 1.807) is 0 Å². The topological polar surface area (TPSA) is 37.2 Å². The van der Waals surface area contributed by atoms with Crippen LogP contribution in [-0.2, 0) is 0 Å². The average molecular weight is 354 g/mol. The number of ether oxygens (including phenoxy) is 1. The highest BCUT2D eigenvalue weighted by atomic mass is 16.5. The van der Waals surface area contributed by atoms with E-state index in [4.69, 9.17) is 4.74 Å². The van der Waals surface area contributed by atoms with Gasteiger partial charge in [0, 0.05) is 19.8 Å². The third-order valence-electron chi connectivity index (χ3n) is 4.25. The standard InChI is InChI=1S/C22H31N3O/c1-4-5-6-7-8-9-18-26-22-16-12-20(13-17-22)24-23-19-10-14-21(15-11-19)25(2)3/h10-17H,4-9,18H2,1-3H3. The first kappa shape index (κ1) is 20.0. The van der Waals surface area contributed by atoms with Crippen molar-refractivity contribution < 1.29 is 4.74 Å². The Kier molecular flexibility index (Phi) is 8.67. The van der Waals surface area contributed by atoms with Crippen LogP contribution < -0.4 is 9.64 Å². The lowest BCUT2D eigenvalue weighted by Gasteiger charge is -2.11. The highest BCUT2D eigenvalue weighted by Crippen LogP contribution is 2.23. The zero-order valence-electron chi connectivity index (χ0n) is 16.3. The minimum atomic E-state index is 0.783. The summed E-state index contributed by atoms with van der Waals surface area (Å²) in [5.74, 6) is 0.896. The predicted octanol–water partition coefficient (Wildman–Crippen LogP) is 6.91. The van der Waals surface area contributed by atoms with Crippen molar-refractivity contribution in [1.82, 2.24) is 0 Å². The summed E-state index contributed by atoms with van der Waals surface area (Å²) in [4.78, 5) is 2.06. The van der Waals surface area contributed by atoms with E-state index in [0.29, 0.717) is 0 Å². The van der Waals surface area contributed by atoms with Gasteiger partial charge in [-0.3, -0.25) is 0 Å². The summed E-state index contributed by atoms with van der Waals surface area (Å²) in [5, 5.41) is 8.57. The van der Waals surface area contributed by atoms with Gasteiger partial charge in [-0.1, -0.05) is 39.0 Å². The quantitative estimate of drug-likeness (QED) is 0.325. The summed E-state index contributed by atoms with van der Waals surface area (Å²) in [5.41, 5.74) is 2.82. The molecule has 0 atom stereocenters. The normalized spacial score (nSPS) is 11.0. The molecule has 0 radical (unpaired) electrons. The van der Waals surface area contributed by atoms with Crippen LogP contribution in [0.3, 0.4) is 0 Å². The van der Waals surface area contributed by atoms with Crippen molar-refractivity contribution in [2.24, 2.45) is 10.2 Å². The van der Waals surface area contributed by atoms with Gasteiger partial charge in [0.25, 0.3) is 0 Å². The second kappa shape index (κ2) is 11.3. The molecule has 0 aliphatic heterocycles. The number of hydrogen-bond donors (Lipinski definition) is 0. The summed E-state index contributed by atoms with van der Waals surface area (Å²) in [7, 11) is 4.04. The van der Waals surface area contributed by atoms with Gasteiger partial charge in [0.05, 0.1) is 18.0 Å². The molecule has 0 heterocycles. The van der Waals surface area contributed by atoms with E-state index in [1.807, 2.05) is 62.6 Å². The smallest absolute Gasteiger partial charge is 0.119 e. The van der Waals surface area contributed by atoms with E-state index in [-0.39, 0.29) is 0 Å². The van der Waals surface area contributed by atoms with Crippen molar-refractivity contribution in [2.45, 2.75) is 45.4 Å². The SMILES string of the molecule is CCCCCCCCOc1ccc(N=Nc2ccc(N(C)C)cc2)cc1. The lowest BCUT2D eigenvalue weighted by atomic mass is 10.1. The minimum absolute atomic E-state index is 0.783. The van der Waals surface area contributed by atoms with Crippen molar-refractivity contribution in [3.05, 3.63) is 48.5 Å². The highest BCUT2D eigenvalue weighted by Gasteiger charge is 1.97. The van der Waals surface area contributed by atoms with Crippen LogP contribution in [0, 0.1) is 0 Å². The Morgan fingerprint density at radius 1 is 0.731 bits per heavy atom. The first-order chi connectivity index (χ1) is 12.7. The lowest BCUT2D eigenvalue weighted by Crippen LogP contribution is -2.07. The molecule has 140 valence electrons. The van der Waals surface area contributed by atoms with E-state index in [2.05, 4.69) is 22.1 Å². The number of nitrogens with zero attached hydrogens (tertiary/aromatic N) is 3. The summed E-state index contributed by atoms with van der Waals surface area (Å²) in [6.45, 7) is 3.03. The number of hydrogen-bond acceptors (Lipinski definition) is 4. The van der Waals surface area contributed by atoms with Gasteiger partial charge >= 0.3 is 0 Å². The van der Waals surface area contributed by atoms with Crippen molar-refractivity contribution in [3.8, 4) is 5.75 Å². The van der Waals surface area contributed by atoms with E-state index in [1.165, 1.54) is 32.1 Å². The van der Waals surface area contributed by atoms with Crippen molar-refractivity contribution in [2.75, 3.05) is 25.6 Å². The molecular weight excluding hydrogens is 322 g/mol. The van der Waals surface area contributed by atoms with Crippen molar-refractivity contribution in [1.29, 1.82) is 0 Å². The van der Waals surface area contributed by atoms with E-state index in [0.717, 1.165) is 35.8 Å². The van der Waals surface area contributed by atoms with Crippen LogP contribution in [0.5, 0.6) is 5.75 Å². The fourth-order valence-corrected chi connectivity index (χ4v) is 2.61. The molecule has 0 saturated heterocycles. The summed E-state index contributed by atoms with van der Waals surface area (Å²) < 4.78 is 5.79. The van der Waals surface area contributed by atoms with Gasteiger partial charge in [-0.2, -0.15) is 10.2 Å². The molecule has 4 heteroatoms. The van der Waals surface area contributed by atoms with Gasteiger partial charge in [-0.25, -0.2) is 0 Å². The maximum atomic E-state index is 5.79. The van der Waals surface area contributed by atoms with Gasteiger partial charge < -0.3 is 9.64 Å². The molecule has 0 unspecified atom stereocenters. The average Bonchev–Trinajstić information content (AvgIpc) is 2.67. The Labute approximate surface area is 157 Å². The Morgan fingerprint density at radius 2 is 1.27 bits per heavy atom. The Hall–Kier alpha value is -2.36. The van der Waals surface area contributed by atoms with Crippen LogP contribution in [-0.4, -0.2) is 20.7 Å². The predicted molar refractivity (Wildman–Crippen MR) is 110 cm³/mol. The molecule has 26 heavy (non-hydrogen) atoms. The number of unbranched alkanes of at least 4 members (excludes halogenated alkanes) is 5. The van der Waals surface area contributed by atoms with Crippen LogP contribution in [0.2, 0.25) is 0 Å². The molecule has 2 aromatic carbocycles. The van der Waals surface area contributed by atoms with Crippen LogP contribution in [0.15, 0.2) is 58.8 Å². The van der Waals surface area contributed by atoms with E-state index < -0.39 is 0 Å². The first-order valence-corrected chi connectivity index (χ1v) is 9.61. The second-order valence-corrected chi connectivity index (χ2v) is 6.72. The molecule has 0 fully saturated rings. The number of anilines is 1. The van der Waals surface area contributed by atoms with Crippen LogP contribution in [0.25, 0.3) is 0 Å². The van der Waals surface area contributed by atoms with Gasteiger partial charge in [-0.15, -0.1) is 0 Å². The Balaban J connectivity index is 1.74. The molecule has 0 aliphatic rings. The Morgan fingerprint density at radius 3 is 1.85 bits per heavy atom. The zero-order valence-corrected chi connectivity index (χ0v) is 16.3. The third-order valence-corrected chi connectivity index (χ3v) is 4.25. The van der Waals surface area contributed by atoms with Crippen LogP contribution in [0.4, 0.5) is 17.1 Å². The molecule has 0 spiro atoms. The number of azo groups is 1. The minimum Gasteiger partial charge on any atom is -0.494 e. The fourth-order valence-electron chi connectivity index (χ4n) is 2.61.